The maximum absolute atomic E-state index is 10.0. The van der Waals surface area contributed by atoms with Crippen LogP contribution in [-0.4, -0.2) is 10.6 Å². The Hall–Kier alpha value is -1.18. The van der Waals surface area contributed by atoms with Crippen LogP contribution >= 0.6 is 0 Å². The smallest absolute Gasteiger partial charge is 0.122 e. The normalized spacial score (nSPS) is 17.8. The third-order valence-electron chi connectivity index (χ3n) is 3.87. The van der Waals surface area contributed by atoms with Gasteiger partial charge in [-0.25, -0.2) is 0 Å². The fourth-order valence-corrected chi connectivity index (χ4v) is 2.52. The van der Waals surface area contributed by atoms with Gasteiger partial charge in [-0.15, -0.1) is 0 Å². The van der Waals surface area contributed by atoms with E-state index in [1.807, 2.05) is 13.8 Å². The fourth-order valence-electron chi connectivity index (χ4n) is 2.52. The van der Waals surface area contributed by atoms with Crippen molar-refractivity contribution in [3.8, 4) is 5.75 Å². The largest absolute Gasteiger partial charge is 0.507 e. The van der Waals surface area contributed by atoms with Gasteiger partial charge in [0.25, 0.3) is 0 Å². The predicted octanol–water partition coefficient (Wildman–Crippen LogP) is 3.45. The van der Waals surface area contributed by atoms with E-state index in [-0.39, 0.29) is 5.54 Å². The summed E-state index contributed by atoms with van der Waals surface area (Å²) in [5.41, 5.74) is 5.92. The summed E-state index contributed by atoms with van der Waals surface area (Å²) in [4.78, 5) is 0. The van der Waals surface area contributed by atoms with Crippen molar-refractivity contribution in [2.24, 2.45) is 0 Å². The summed E-state index contributed by atoms with van der Waals surface area (Å²) in [6, 6.07) is 0. The van der Waals surface area contributed by atoms with Crippen LogP contribution in [0.5, 0.6) is 5.75 Å². The van der Waals surface area contributed by atoms with Gasteiger partial charge in [0.05, 0.1) is 0 Å². The Kier molecular flexibility index (Phi) is 2.41. The third-order valence-corrected chi connectivity index (χ3v) is 3.87. The zero-order valence-electron chi connectivity index (χ0n) is 10.9. The van der Waals surface area contributed by atoms with Gasteiger partial charge in [-0.3, -0.25) is 0 Å². The summed E-state index contributed by atoms with van der Waals surface area (Å²) in [6.07, 6.45) is 2.17. The molecule has 16 heavy (non-hydrogen) atoms. The minimum atomic E-state index is 0.160. The molecule has 88 valence electrons. The Morgan fingerprint density at radius 2 is 1.69 bits per heavy atom. The van der Waals surface area contributed by atoms with E-state index in [0.29, 0.717) is 5.75 Å². The number of phenolic OH excluding ortho intramolecular Hbond substituents is 1. The molecule has 1 heterocycles. The van der Waals surface area contributed by atoms with E-state index in [1.165, 1.54) is 16.8 Å². The van der Waals surface area contributed by atoms with Crippen molar-refractivity contribution in [1.29, 1.82) is 0 Å². The molecule has 1 aromatic carbocycles. The number of hydrogen-bond acceptors (Lipinski definition) is 2. The summed E-state index contributed by atoms with van der Waals surface area (Å²) in [6.45, 7) is 10.5. The van der Waals surface area contributed by atoms with Crippen molar-refractivity contribution in [3.05, 3.63) is 22.3 Å². The average molecular weight is 219 g/mol. The van der Waals surface area contributed by atoms with Crippen LogP contribution in [0.15, 0.2) is 0 Å². The third kappa shape index (κ3) is 1.57. The number of rotatable bonds is 0. The van der Waals surface area contributed by atoms with Crippen molar-refractivity contribution >= 4 is 5.69 Å². The van der Waals surface area contributed by atoms with Crippen LogP contribution in [0, 0.1) is 20.8 Å². The first-order valence-corrected chi connectivity index (χ1v) is 5.93. The van der Waals surface area contributed by atoms with Gasteiger partial charge in [0.1, 0.15) is 5.75 Å². The molecule has 2 N–H and O–H groups in total. The lowest BCUT2D eigenvalue weighted by Crippen LogP contribution is -2.36. The maximum atomic E-state index is 10.0. The quantitative estimate of drug-likeness (QED) is 0.655. The molecule has 1 aromatic rings. The van der Waals surface area contributed by atoms with E-state index >= 15 is 0 Å². The SMILES string of the molecule is Cc1c(C)c2c(c(C)c1O)CCC(C)(C)N2. The lowest BCUT2D eigenvalue weighted by molar-refractivity contribution is 0.459. The Labute approximate surface area is 97.7 Å². The second-order valence-electron chi connectivity index (χ2n) is 5.59. The molecule has 0 saturated heterocycles. The summed E-state index contributed by atoms with van der Waals surface area (Å²) in [5.74, 6) is 0.470. The Bertz CT molecular complexity index is 447. The minimum Gasteiger partial charge on any atom is -0.507 e. The number of hydrogen-bond donors (Lipinski definition) is 2. The van der Waals surface area contributed by atoms with Crippen LogP contribution in [0.4, 0.5) is 5.69 Å². The molecule has 2 heteroatoms. The molecule has 0 aliphatic carbocycles. The van der Waals surface area contributed by atoms with E-state index in [4.69, 9.17) is 0 Å². The van der Waals surface area contributed by atoms with E-state index in [9.17, 15) is 5.11 Å². The molecule has 0 unspecified atom stereocenters. The maximum Gasteiger partial charge on any atom is 0.122 e. The van der Waals surface area contributed by atoms with Crippen LogP contribution in [-0.2, 0) is 6.42 Å². The summed E-state index contributed by atoms with van der Waals surface area (Å²) in [7, 11) is 0. The molecule has 0 bridgehead atoms. The molecular formula is C14H21NO. The molecule has 2 rings (SSSR count). The van der Waals surface area contributed by atoms with Crippen LogP contribution in [0.1, 0.15) is 42.5 Å². The van der Waals surface area contributed by atoms with Crippen LogP contribution in [0.2, 0.25) is 0 Å². The van der Waals surface area contributed by atoms with Crippen LogP contribution in [0.3, 0.4) is 0 Å². The summed E-state index contributed by atoms with van der Waals surface area (Å²) < 4.78 is 0. The van der Waals surface area contributed by atoms with Crippen molar-refractivity contribution in [3.63, 3.8) is 0 Å². The molecule has 1 aliphatic heterocycles. The summed E-state index contributed by atoms with van der Waals surface area (Å²) in [5, 5.41) is 13.6. The highest BCUT2D eigenvalue weighted by molar-refractivity contribution is 5.69. The topological polar surface area (TPSA) is 32.3 Å². The molecule has 1 aliphatic rings. The van der Waals surface area contributed by atoms with Crippen molar-refractivity contribution < 1.29 is 5.11 Å². The van der Waals surface area contributed by atoms with Gasteiger partial charge in [0, 0.05) is 11.2 Å². The number of aromatic hydroxyl groups is 1. The van der Waals surface area contributed by atoms with Crippen molar-refractivity contribution in [1.82, 2.24) is 0 Å². The lowest BCUT2D eigenvalue weighted by Gasteiger charge is -2.36. The number of fused-ring (bicyclic) bond motifs is 1. The minimum absolute atomic E-state index is 0.160. The lowest BCUT2D eigenvalue weighted by atomic mass is 9.84. The van der Waals surface area contributed by atoms with E-state index in [1.54, 1.807) is 0 Å². The van der Waals surface area contributed by atoms with Gasteiger partial charge in [0.15, 0.2) is 0 Å². The zero-order chi connectivity index (χ0) is 12.1. The Morgan fingerprint density at radius 1 is 1.06 bits per heavy atom. The first kappa shape index (κ1) is 11.3. The molecular weight excluding hydrogens is 198 g/mol. The molecule has 0 fully saturated rings. The average Bonchev–Trinajstić information content (AvgIpc) is 2.22. The highest BCUT2D eigenvalue weighted by atomic mass is 16.3. The van der Waals surface area contributed by atoms with Gasteiger partial charge in [0.2, 0.25) is 0 Å². The Morgan fingerprint density at radius 3 is 2.31 bits per heavy atom. The van der Waals surface area contributed by atoms with Gasteiger partial charge in [-0.2, -0.15) is 0 Å². The van der Waals surface area contributed by atoms with Gasteiger partial charge in [-0.05, 0) is 69.7 Å². The van der Waals surface area contributed by atoms with Gasteiger partial charge >= 0.3 is 0 Å². The number of phenols is 1. The summed E-state index contributed by atoms with van der Waals surface area (Å²) >= 11 is 0. The molecule has 0 radical (unpaired) electrons. The molecule has 0 aromatic heterocycles. The zero-order valence-corrected chi connectivity index (χ0v) is 10.9. The van der Waals surface area contributed by atoms with E-state index < -0.39 is 0 Å². The second kappa shape index (κ2) is 3.41. The van der Waals surface area contributed by atoms with Gasteiger partial charge < -0.3 is 10.4 Å². The predicted molar refractivity (Wildman–Crippen MR) is 68.3 cm³/mol. The van der Waals surface area contributed by atoms with Crippen LogP contribution < -0.4 is 5.32 Å². The highest BCUT2D eigenvalue weighted by Gasteiger charge is 2.28. The van der Waals surface area contributed by atoms with Crippen molar-refractivity contribution in [2.75, 3.05) is 5.32 Å². The number of anilines is 1. The standard InChI is InChI=1S/C14H21NO/c1-8-9(2)13(16)10(3)11-6-7-14(4,5)15-12(8)11/h15-16H,6-7H2,1-5H3. The van der Waals surface area contributed by atoms with Crippen molar-refractivity contribution in [2.45, 2.75) is 53.0 Å². The second-order valence-corrected chi connectivity index (χ2v) is 5.59. The first-order chi connectivity index (χ1) is 7.33. The fraction of sp³-hybridized carbons (Fsp3) is 0.571. The van der Waals surface area contributed by atoms with Gasteiger partial charge in [-0.1, -0.05) is 0 Å². The molecule has 0 amide bonds. The van der Waals surface area contributed by atoms with E-state index in [0.717, 1.165) is 24.0 Å². The highest BCUT2D eigenvalue weighted by Crippen LogP contribution is 2.40. The van der Waals surface area contributed by atoms with E-state index in [2.05, 4.69) is 26.1 Å². The molecule has 0 saturated carbocycles. The molecule has 0 spiro atoms. The first-order valence-electron chi connectivity index (χ1n) is 5.93. The molecule has 2 nitrogen and oxygen atoms in total. The molecule has 0 atom stereocenters. The number of benzene rings is 1. The van der Waals surface area contributed by atoms with Crippen LogP contribution in [0.25, 0.3) is 0 Å². The Balaban J connectivity index is 2.65. The number of nitrogens with one attached hydrogen (secondary N) is 1. The monoisotopic (exact) mass is 219 g/mol.